The zero-order valence-corrected chi connectivity index (χ0v) is 15.8. The molecule has 0 bridgehead atoms. The summed E-state index contributed by atoms with van der Waals surface area (Å²) in [6.45, 7) is 5.68. The largest absolute Gasteiger partial charge is 0.363 e. The van der Waals surface area contributed by atoms with Crippen LogP contribution in [0.5, 0.6) is 0 Å². The Morgan fingerprint density at radius 3 is 2.67 bits per heavy atom. The predicted molar refractivity (Wildman–Crippen MR) is 102 cm³/mol. The maximum atomic E-state index is 4.62. The summed E-state index contributed by atoms with van der Waals surface area (Å²) in [7, 11) is 5.74. The molecular formula is C17H26N6S. The van der Waals surface area contributed by atoms with Crippen molar-refractivity contribution in [1.29, 1.82) is 0 Å². The molecule has 7 heteroatoms. The second-order valence-electron chi connectivity index (χ2n) is 6.02. The van der Waals surface area contributed by atoms with E-state index in [4.69, 9.17) is 0 Å². The highest BCUT2D eigenvalue weighted by molar-refractivity contribution is 7.09. The highest BCUT2D eigenvalue weighted by Gasteiger charge is 2.06. The lowest BCUT2D eigenvalue weighted by molar-refractivity contribution is 0.784. The van der Waals surface area contributed by atoms with Crippen LogP contribution in [0.1, 0.15) is 36.0 Å². The van der Waals surface area contributed by atoms with Gasteiger partial charge >= 0.3 is 0 Å². The van der Waals surface area contributed by atoms with E-state index in [1.54, 1.807) is 18.4 Å². The zero-order chi connectivity index (χ0) is 17.5. The molecule has 0 radical (unpaired) electrons. The second-order valence-corrected chi connectivity index (χ2v) is 6.96. The Kier molecular flexibility index (Phi) is 6.54. The molecule has 130 valence electrons. The van der Waals surface area contributed by atoms with Gasteiger partial charge in [-0.05, 0) is 23.6 Å². The summed E-state index contributed by atoms with van der Waals surface area (Å²) in [4.78, 5) is 15.2. The van der Waals surface area contributed by atoms with Gasteiger partial charge < -0.3 is 15.5 Å². The van der Waals surface area contributed by atoms with Gasteiger partial charge in [0.25, 0.3) is 0 Å². The molecule has 0 fully saturated rings. The maximum absolute atomic E-state index is 4.62. The van der Waals surface area contributed by atoms with E-state index in [0.29, 0.717) is 19.0 Å². The summed E-state index contributed by atoms with van der Waals surface area (Å²) in [6, 6.07) is 4.07. The summed E-state index contributed by atoms with van der Waals surface area (Å²) in [6.07, 6.45) is 1.82. The Morgan fingerprint density at radius 1 is 1.29 bits per heavy atom. The average molecular weight is 347 g/mol. The summed E-state index contributed by atoms with van der Waals surface area (Å²) in [5, 5.41) is 9.82. The Balaban J connectivity index is 1.87. The second kappa shape index (κ2) is 8.63. The van der Waals surface area contributed by atoms with E-state index < -0.39 is 0 Å². The minimum absolute atomic E-state index is 0.463. The molecule has 0 spiro atoms. The maximum Gasteiger partial charge on any atom is 0.191 e. The van der Waals surface area contributed by atoms with Crippen molar-refractivity contribution >= 4 is 23.1 Å². The number of anilines is 1. The fraction of sp³-hybridized carbons (Fsp3) is 0.471. The SMILES string of the molecule is CN=C(NCc1ccnc(N(C)C)c1)NCc1nc(C(C)C)cs1. The molecule has 0 aliphatic rings. The Labute approximate surface area is 148 Å². The monoisotopic (exact) mass is 346 g/mol. The number of hydrogen-bond acceptors (Lipinski definition) is 5. The number of nitrogens with one attached hydrogen (secondary N) is 2. The van der Waals surface area contributed by atoms with Crippen LogP contribution < -0.4 is 15.5 Å². The highest BCUT2D eigenvalue weighted by Crippen LogP contribution is 2.17. The van der Waals surface area contributed by atoms with Crippen LogP contribution in [-0.2, 0) is 13.1 Å². The lowest BCUT2D eigenvalue weighted by atomic mass is 10.2. The van der Waals surface area contributed by atoms with Crippen molar-refractivity contribution in [3.05, 3.63) is 40.0 Å². The van der Waals surface area contributed by atoms with Crippen LogP contribution >= 0.6 is 11.3 Å². The summed E-state index contributed by atoms with van der Waals surface area (Å²) in [5.74, 6) is 2.17. The molecule has 0 amide bonds. The summed E-state index contributed by atoms with van der Waals surface area (Å²) in [5.41, 5.74) is 2.31. The van der Waals surface area contributed by atoms with Crippen molar-refractivity contribution in [2.75, 3.05) is 26.0 Å². The predicted octanol–water partition coefficient (Wildman–Crippen LogP) is 2.59. The van der Waals surface area contributed by atoms with Crippen LogP contribution in [0.3, 0.4) is 0 Å². The van der Waals surface area contributed by atoms with Gasteiger partial charge in [0.05, 0.1) is 12.2 Å². The van der Waals surface area contributed by atoms with Crippen LogP contribution in [0.2, 0.25) is 0 Å². The summed E-state index contributed by atoms with van der Waals surface area (Å²) >= 11 is 1.68. The minimum atomic E-state index is 0.463. The lowest BCUT2D eigenvalue weighted by Gasteiger charge is -2.14. The van der Waals surface area contributed by atoms with Gasteiger partial charge in [0.1, 0.15) is 10.8 Å². The van der Waals surface area contributed by atoms with Crippen molar-refractivity contribution in [2.45, 2.75) is 32.9 Å². The van der Waals surface area contributed by atoms with Crippen LogP contribution in [0.4, 0.5) is 5.82 Å². The molecule has 6 nitrogen and oxygen atoms in total. The third-order valence-electron chi connectivity index (χ3n) is 3.52. The number of thiazole rings is 1. The molecule has 0 aliphatic heterocycles. The normalized spacial score (nSPS) is 11.7. The van der Waals surface area contributed by atoms with E-state index in [2.05, 4.69) is 50.9 Å². The Bertz CT molecular complexity index is 677. The molecule has 2 aromatic heterocycles. The summed E-state index contributed by atoms with van der Waals surface area (Å²) < 4.78 is 0. The molecule has 0 unspecified atom stereocenters. The molecule has 0 saturated heterocycles. The van der Waals surface area contributed by atoms with Crippen LogP contribution in [0.15, 0.2) is 28.7 Å². The van der Waals surface area contributed by atoms with Gasteiger partial charge in [-0.25, -0.2) is 9.97 Å². The van der Waals surface area contributed by atoms with Crippen molar-refractivity contribution in [3.63, 3.8) is 0 Å². The molecule has 2 aromatic rings. The Hall–Kier alpha value is -2.15. The number of nitrogens with zero attached hydrogens (tertiary/aromatic N) is 4. The first-order chi connectivity index (χ1) is 11.5. The fourth-order valence-corrected chi connectivity index (χ4v) is 2.95. The van der Waals surface area contributed by atoms with Crippen LogP contribution in [-0.4, -0.2) is 37.1 Å². The highest BCUT2D eigenvalue weighted by atomic mass is 32.1. The van der Waals surface area contributed by atoms with Crippen molar-refractivity contribution < 1.29 is 0 Å². The molecule has 0 aliphatic carbocycles. The number of pyridine rings is 1. The zero-order valence-electron chi connectivity index (χ0n) is 15.0. The van der Waals surface area contributed by atoms with E-state index in [-0.39, 0.29) is 0 Å². The van der Waals surface area contributed by atoms with Gasteiger partial charge in [0, 0.05) is 39.3 Å². The minimum Gasteiger partial charge on any atom is -0.363 e. The first-order valence-electron chi connectivity index (χ1n) is 8.00. The average Bonchev–Trinajstić information content (AvgIpc) is 3.04. The third kappa shape index (κ3) is 5.19. The van der Waals surface area contributed by atoms with Gasteiger partial charge in [-0.1, -0.05) is 13.8 Å². The Morgan fingerprint density at radius 2 is 2.04 bits per heavy atom. The smallest absolute Gasteiger partial charge is 0.191 e. The number of guanidine groups is 1. The number of aromatic nitrogens is 2. The van der Waals surface area contributed by atoms with Gasteiger partial charge in [0.15, 0.2) is 5.96 Å². The molecule has 2 rings (SSSR count). The molecule has 2 heterocycles. The lowest BCUT2D eigenvalue weighted by Crippen LogP contribution is -2.36. The quantitative estimate of drug-likeness (QED) is 0.622. The first-order valence-corrected chi connectivity index (χ1v) is 8.88. The first kappa shape index (κ1) is 18.2. The topological polar surface area (TPSA) is 65.4 Å². The third-order valence-corrected chi connectivity index (χ3v) is 4.39. The molecule has 0 aromatic carbocycles. The molecule has 0 atom stereocenters. The molecule has 24 heavy (non-hydrogen) atoms. The fourth-order valence-electron chi connectivity index (χ4n) is 2.05. The molecule has 0 saturated carbocycles. The van der Waals surface area contributed by atoms with E-state index in [9.17, 15) is 0 Å². The number of aliphatic imine (C=N–C) groups is 1. The van der Waals surface area contributed by atoms with Gasteiger partial charge in [-0.3, -0.25) is 4.99 Å². The van der Waals surface area contributed by atoms with Crippen molar-refractivity contribution in [3.8, 4) is 0 Å². The van der Waals surface area contributed by atoms with E-state index in [0.717, 1.165) is 28.0 Å². The van der Waals surface area contributed by atoms with Gasteiger partial charge in [0.2, 0.25) is 0 Å². The number of hydrogen-bond donors (Lipinski definition) is 2. The van der Waals surface area contributed by atoms with Gasteiger partial charge in [-0.15, -0.1) is 11.3 Å². The van der Waals surface area contributed by atoms with Crippen LogP contribution in [0.25, 0.3) is 0 Å². The van der Waals surface area contributed by atoms with E-state index >= 15 is 0 Å². The standard InChI is InChI=1S/C17H26N6S/c1-12(2)14-11-24-16(22-14)10-21-17(18-3)20-9-13-6-7-19-15(8-13)23(4)5/h6-8,11-12H,9-10H2,1-5H3,(H2,18,20,21). The van der Waals surface area contributed by atoms with Crippen molar-refractivity contribution in [1.82, 2.24) is 20.6 Å². The number of rotatable bonds is 6. The van der Waals surface area contributed by atoms with E-state index in [1.165, 1.54) is 0 Å². The van der Waals surface area contributed by atoms with Crippen LogP contribution in [0, 0.1) is 0 Å². The van der Waals surface area contributed by atoms with Crippen molar-refractivity contribution in [2.24, 2.45) is 4.99 Å². The van der Waals surface area contributed by atoms with E-state index in [1.807, 2.05) is 31.3 Å². The molecular weight excluding hydrogens is 320 g/mol. The molecule has 2 N–H and O–H groups in total. The van der Waals surface area contributed by atoms with Gasteiger partial charge in [-0.2, -0.15) is 0 Å².